The Hall–Kier alpha value is -3.84. The number of ether oxygens (including phenoxy) is 3. The number of carbonyl (C=O) groups is 2. The number of nitrogens with zero attached hydrogens (tertiary/aromatic N) is 1. The normalized spacial score (nSPS) is 23.8. The summed E-state index contributed by atoms with van der Waals surface area (Å²) in [6.45, 7) is 11.2. The molecule has 1 saturated heterocycles. The highest BCUT2D eigenvalue weighted by Crippen LogP contribution is 2.40. The van der Waals surface area contributed by atoms with Gasteiger partial charge in [-0.1, -0.05) is 84.4 Å². The van der Waals surface area contributed by atoms with Gasteiger partial charge in [0.05, 0.1) is 55.3 Å². The van der Waals surface area contributed by atoms with Crippen LogP contribution in [0.2, 0.25) is 0 Å². The Morgan fingerprint density at radius 1 is 0.854 bits per heavy atom. The molecule has 2 aliphatic rings. The van der Waals surface area contributed by atoms with Crippen molar-refractivity contribution in [3.63, 3.8) is 0 Å². The third-order valence-electron chi connectivity index (χ3n) is 7.75. The van der Waals surface area contributed by atoms with Crippen molar-refractivity contribution in [1.82, 2.24) is 4.90 Å². The SMILES string of the molecule is C=CC[C@@H]1O[C@H](COCc2ccccc2)[C@@H](CC(=C)C)[C@H](OCc2ccccc2)[C@H]1N1C(=O)c2ccccc2C1=O. The van der Waals surface area contributed by atoms with E-state index in [2.05, 4.69) is 13.2 Å². The summed E-state index contributed by atoms with van der Waals surface area (Å²) in [4.78, 5) is 28.8. The second-order valence-corrected chi connectivity index (χ2v) is 10.8. The van der Waals surface area contributed by atoms with E-state index in [9.17, 15) is 9.59 Å². The van der Waals surface area contributed by atoms with Crippen LogP contribution in [0.1, 0.15) is 51.6 Å². The summed E-state index contributed by atoms with van der Waals surface area (Å²) < 4.78 is 19.6. The number of allylic oxidation sites excluding steroid dienone is 1. The molecule has 2 heterocycles. The van der Waals surface area contributed by atoms with Crippen molar-refractivity contribution in [2.45, 2.75) is 57.3 Å². The second-order valence-electron chi connectivity index (χ2n) is 10.8. The van der Waals surface area contributed by atoms with Gasteiger partial charge >= 0.3 is 0 Å². The van der Waals surface area contributed by atoms with Crippen molar-refractivity contribution in [2.75, 3.05) is 6.61 Å². The van der Waals surface area contributed by atoms with E-state index in [0.29, 0.717) is 43.8 Å². The molecule has 3 aromatic carbocycles. The fraction of sp³-hybridized carbons (Fsp3) is 0.314. The van der Waals surface area contributed by atoms with Gasteiger partial charge in [0.25, 0.3) is 11.8 Å². The minimum Gasteiger partial charge on any atom is -0.374 e. The molecule has 6 heteroatoms. The molecule has 5 rings (SSSR count). The summed E-state index contributed by atoms with van der Waals surface area (Å²) in [7, 11) is 0. The summed E-state index contributed by atoms with van der Waals surface area (Å²) in [5.41, 5.74) is 3.85. The van der Waals surface area contributed by atoms with Gasteiger partial charge in [-0.25, -0.2) is 0 Å². The Kier molecular flexibility index (Phi) is 9.24. The largest absolute Gasteiger partial charge is 0.374 e. The summed E-state index contributed by atoms with van der Waals surface area (Å²) in [5, 5.41) is 0. The number of carbonyl (C=O) groups excluding carboxylic acids is 2. The zero-order valence-electron chi connectivity index (χ0n) is 23.5. The van der Waals surface area contributed by atoms with E-state index in [4.69, 9.17) is 14.2 Å². The van der Waals surface area contributed by atoms with Crippen LogP contribution in [0.15, 0.2) is 110 Å². The number of hydrogen-bond acceptors (Lipinski definition) is 5. The molecule has 0 saturated carbocycles. The van der Waals surface area contributed by atoms with Gasteiger partial charge in [0.2, 0.25) is 0 Å². The van der Waals surface area contributed by atoms with E-state index in [1.807, 2.05) is 67.6 Å². The van der Waals surface area contributed by atoms with Crippen molar-refractivity contribution in [3.8, 4) is 0 Å². The summed E-state index contributed by atoms with van der Waals surface area (Å²) in [6.07, 6.45) is 1.44. The Morgan fingerprint density at radius 2 is 1.41 bits per heavy atom. The molecule has 1 fully saturated rings. The molecule has 0 N–H and O–H groups in total. The predicted molar refractivity (Wildman–Crippen MR) is 158 cm³/mol. The fourth-order valence-electron chi connectivity index (χ4n) is 5.90. The van der Waals surface area contributed by atoms with Crippen molar-refractivity contribution in [3.05, 3.63) is 132 Å². The topological polar surface area (TPSA) is 65.1 Å². The lowest BCUT2D eigenvalue weighted by Crippen LogP contribution is -2.63. The zero-order valence-corrected chi connectivity index (χ0v) is 23.5. The maximum Gasteiger partial charge on any atom is 0.261 e. The fourth-order valence-corrected chi connectivity index (χ4v) is 5.90. The van der Waals surface area contributed by atoms with Crippen molar-refractivity contribution in [2.24, 2.45) is 5.92 Å². The molecule has 0 bridgehead atoms. The van der Waals surface area contributed by atoms with Crippen LogP contribution >= 0.6 is 0 Å². The highest BCUT2D eigenvalue weighted by molar-refractivity contribution is 6.21. The average Bonchev–Trinajstić information content (AvgIpc) is 3.23. The maximum atomic E-state index is 13.7. The Bertz CT molecular complexity index is 1340. The van der Waals surface area contributed by atoms with Gasteiger partial charge < -0.3 is 14.2 Å². The van der Waals surface area contributed by atoms with E-state index < -0.39 is 18.2 Å². The quantitative estimate of drug-likeness (QED) is 0.193. The van der Waals surface area contributed by atoms with E-state index in [1.165, 1.54) is 4.90 Å². The van der Waals surface area contributed by atoms with E-state index in [1.54, 1.807) is 30.3 Å². The number of imide groups is 1. The van der Waals surface area contributed by atoms with Crippen LogP contribution < -0.4 is 0 Å². The molecule has 2 amide bonds. The average molecular weight is 552 g/mol. The smallest absolute Gasteiger partial charge is 0.261 e. The maximum absolute atomic E-state index is 13.7. The highest BCUT2D eigenvalue weighted by atomic mass is 16.6. The van der Waals surface area contributed by atoms with E-state index in [-0.39, 0.29) is 23.8 Å². The molecule has 2 aliphatic heterocycles. The molecule has 0 spiro atoms. The third kappa shape index (κ3) is 6.41. The first-order valence-electron chi connectivity index (χ1n) is 14.1. The number of amides is 2. The molecule has 0 unspecified atom stereocenters. The Balaban J connectivity index is 1.49. The number of benzene rings is 3. The van der Waals surface area contributed by atoms with Gasteiger partial charge in [-0.05, 0) is 43.0 Å². The van der Waals surface area contributed by atoms with Crippen molar-refractivity contribution in [1.29, 1.82) is 0 Å². The number of fused-ring (bicyclic) bond motifs is 1. The zero-order chi connectivity index (χ0) is 28.8. The van der Waals surface area contributed by atoms with Crippen LogP contribution in [0, 0.1) is 5.92 Å². The molecule has 6 nitrogen and oxygen atoms in total. The lowest BCUT2D eigenvalue weighted by atomic mass is 9.80. The molecule has 5 atom stereocenters. The third-order valence-corrected chi connectivity index (χ3v) is 7.75. The van der Waals surface area contributed by atoms with Crippen LogP contribution in [-0.4, -0.2) is 47.7 Å². The first-order chi connectivity index (χ1) is 20.0. The summed E-state index contributed by atoms with van der Waals surface area (Å²) in [6, 6.07) is 26.2. The van der Waals surface area contributed by atoms with Crippen LogP contribution in [0.3, 0.4) is 0 Å². The van der Waals surface area contributed by atoms with E-state index >= 15 is 0 Å². The van der Waals surface area contributed by atoms with Crippen LogP contribution in [0.4, 0.5) is 0 Å². The van der Waals surface area contributed by atoms with Crippen LogP contribution in [0.25, 0.3) is 0 Å². The Labute approximate surface area is 242 Å². The number of rotatable bonds is 12. The molecule has 0 aliphatic carbocycles. The van der Waals surface area contributed by atoms with Crippen molar-refractivity contribution < 1.29 is 23.8 Å². The number of hydrogen-bond donors (Lipinski definition) is 0. The second kappa shape index (κ2) is 13.2. The standard InChI is InChI=1S/C35H37NO5/c1-4-13-30-32(36-34(37)27-18-11-12-19-28(27)35(36)38)33(40-22-26-16-9-6-10-17-26)29(20-24(2)3)31(41-30)23-39-21-25-14-7-5-8-15-25/h4-12,14-19,29-33H,1-2,13,20-23H2,3H3/t29-,30+,31-,32+,33+/m1/s1. The molecule has 212 valence electrons. The molecule has 3 aromatic rings. The van der Waals surface area contributed by atoms with Gasteiger partial charge in [0.15, 0.2) is 0 Å². The first-order valence-corrected chi connectivity index (χ1v) is 14.1. The van der Waals surface area contributed by atoms with Gasteiger partial charge in [-0.2, -0.15) is 0 Å². The minimum atomic E-state index is -0.654. The molecule has 0 aromatic heterocycles. The van der Waals surface area contributed by atoms with E-state index in [0.717, 1.165) is 16.7 Å². The van der Waals surface area contributed by atoms with Crippen molar-refractivity contribution >= 4 is 11.8 Å². The molecule has 0 radical (unpaired) electrons. The Morgan fingerprint density at radius 3 is 1.98 bits per heavy atom. The van der Waals surface area contributed by atoms with Gasteiger partial charge in [0, 0.05) is 5.92 Å². The molecular weight excluding hydrogens is 514 g/mol. The lowest BCUT2D eigenvalue weighted by molar-refractivity contribution is -0.201. The summed E-state index contributed by atoms with van der Waals surface area (Å²) >= 11 is 0. The predicted octanol–water partition coefficient (Wildman–Crippen LogP) is 6.38. The van der Waals surface area contributed by atoms with Crippen LogP contribution in [-0.2, 0) is 27.4 Å². The molecular formula is C35H37NO5. The molecule has 41 heavy (non-hydrogen) atoms. The minimum absolute atomic E-state index is 0.206. The van der Waals surface area contributed by atoms with Gasteiger partial charge in [-0.3, -0.25) is 14.5 Å². The highest BCUT2D eigenvalue weighted by Gasteiger charge is 2.53. The summed E-state index contributed by atoms with van der Waals surface area (Å²) in [5.74, 6) is -0.855. The first kappa shape index (κ1) is 28.7. The lowest BCUT2D eigenvalue weighted by Gasteiger charge is -2.49. The van der Waals surface area contributed by atoms with Crippen LogP contribution in [0.5, 0.6) is 0 Å². The monoisotopic (exact) mass is 551 g/mol. The van der Waals surface area contributed by atoms with Gasteiger partial charge in [0.1, 0.15) is 0 Å². The van der Waals surface area contributed by atoms with Gasteiger partial charge in [-0.15, -0.1) is 13.2 Å².